The Bertz CT molecular complexity index is 372. The van der Waals surface area contributed by atoms with Gasteiger partial charge in [0, 0.05) is 25.7 Å². The molecular formula is C13H22N4. The zero-order valence-electron chi connectivity index (χ0n) is 11.0. The number of rotatable bonds is 4. The lowest BCUT2D eigenvalue weighted by atomic mass is 10.2. The molecule has 0 aliphatic heterocycles. The van der Waals surface area contributed by atoms with E-state index in [4.69, 9.17) is 0 Å². The van der Waals surface area contributed by atoms with Crippen LogP contribution in [0.4, 0.5) is 11.6 Å². The predicted octanol–water partition coefficient (Wildman–Crippen LogP) is 2.60. The lowest BCUT2D eigenvalue weighted by Crippen LogP contribution is -2.29. The Balaban J connectivity index is 2.18. The van der Waals surface area contributed by atoms with Crippen LogP contribution in [0.5, 0.6) is 0 Å². The van der Waals surface area contributed by atoms with Crippen molar-refractivity contribution in [2.75, 3.05) is 23.8 Å². The molecule has 4 heteroatoms. The van der Waals surface area contributed by atoms with Crippen LogP contribution in [0.25, 0.3) is 0 Å². The maximum Gasteiger partial charge on any atom is 0.134 e. The summed E-state index contributed by atoms with van der Waals surface area (Å²) in [6.45, 7) is 4.92. The van der Waals surface area contributed by atoms with Crippen molar-refractivity contribution in [2.24, 2.45) is 0 Å². The smallest absolute Gasteiger partial charge is 0.134 e. The second-order valence-electron chi connectivity index (χ2n) is 4.74. The summed E-state index contributed by atoms with van der Waals surface area (Å²) in [7, 11) is 2.15. The SMILES string of the molecule is CCNc1cc(N(C)C2CCCC2)nc(C)n1. The molecule has 1 N–H and O–H groups in total. The van der Waals surface area contributed by atoms with Crippen molar-refractivity contribution in [3.63, 3.8) is 0 Å². The monoisotopic (exact) mass is 234 g/mol. The summed E-state index contributed by atoms with van der Waals surface area (Å²) in [5, 5.41) is 3.26. The van der Waals surface area contributed by atoms with Gasteiger partial charge in [0.1, 0.15) is 17.5 Å². The quantitative estimate of drug-likeness (QED) is 0.869. The van der Waals surface area contributed by atoms with Gasteiger partial charge in [-0.05, 0) is 26.7 Å². The number of hydrogen-bond donors (Lipinski definition) is 1. The van der Waals surface area contributed by atoms with E-state index < -0.39 is 0 Å². The van der Waals surface area contributed by atoms with Gasteiger partial charge < -0.3 is 10.2 Å². The van der Waals surface area contributed by atoms with E-state index in [0.29, 0.717) is 6.04 Å². The van der Waals surface area contributed by atoms with Crippen LogP contribution < -0.4 is 10.2 Å². The molecule has 0 unspecified atom stereocenters. The molecule has 4 nitrogen and oxygen atoms in total. The van der Waals surface area contributed by atoms with Crippen molar-refractivity contribution >= 4 is 11.6 Å². The molecule has 0 atom stereocenters. The molecule has 0 amide bonds. The van der Waals surface area contributed by atoms with E-state index in [1.54, 1.807) is 0 Å². The Morgan fingerprint density at radius 3 is 2.71 bits per heavy atom. The van der Waals surface area contributed by atoms with Gasteiger partial charge in [0.15, 0.2) is 0 Å². The highest BCUT2D eigenvalue weighted by Crippen LogP contribution is 2.26. The van der Waals surface area contributed by atoms with Crippen molar-refractivity contribution in [1.29, 1.82) is 0 Å². The Labute approximate surface area is 103 Å². The predicted molar refractivity (Wildman–Crippen MR) is 71.6 cm³/mol. The molecule has 1 heterocycles. The van der Waals surface area contributed by atoms with Crippen LogP contribution in [0, 0.1) is 6.92 Å². The van der Waals surface area contributed by atoms with Gasteiger partial charge in [-0.1, -0.05) is 12.8 Å². The van der Waals surface area contributed by atoms with Crippen LogP contribution >= 0.6 is 0 Å². The average Bonchev–Trinajstić information content (AvgIpc) is 2.81. The topological polar surface area (TPSA) is 41.0 Å². The van der Waals surface area contributed by atoms with Gasteiger partial charge in [0.2, 0.25) is 0 Å². The van der Waals surface area contributed by atoms with E-state index >= 15 is 0 Å². The van der Waals surface area contributed by atoms with Crippen molar-refractivity contribution < 1.29 is 0 Å². The normalized spacial score (nSPS) is 16.2. The zero-order valence-corrected chi connectivity index (χ0v) is 11.0. The molecule has 1 aliphatic carbocycles. The van der Waals surface area contributed by atoms with E-state index in [-0.39, 0.29) is 0 Å². The molecule has 1 fully saturated rings. The molecule has 94 valence electrons. The van der Waals surface area contributed by atoms with Crippen molar-refractivity contribution in [3.8, 4) is 0 Å². The standard InChI is InChI=1S/C13H22N4/c1-4-14-12-9-13(16-10(2)15-12)17(3)11-7-5-6-8-11/h9,11H,4-8H2,1-3H3,(H,14,15,16). The number of nitrogens with zero attached hydrogens (tertiary/aromatic N) is 3. The second kappa shape index (κ2) is 5.34. The zero-order chi connectivity index (χ0) is 12.3. The van der Waals surface area contributed by atoms with Gasteiger partial charge in [-0.3, -0.25) is 0 Å². The van der Waals surface area contributed by atoms with Crippen molar-refractivity contribution in [1.82, 2.24) is 9.97 Å². The number of anilines is 2. The summed E-state index contributed by atoms with van der Waals surface area (Å²) in [6, 6.07) is 2.70. The summed E-state index contributed by atoms with van der Waals surface area (Å²) < 4.78 is 0. The fourth-order valence-electron chi connectivity index (χ4n) is 2.48. The second-order valence-corrected chi connectivity index (χ2v) is 4.74. The first-order valence-corrected chi connectivity index (χ1v) is 6.53. The van der Waals surface area contributed by atoms with Gasteiger partial charge in [0.25, 0.3) is 0 Å². The molecule has 0 radical (unpaired) electrons. The maximum absolute atomic E-state index is 4.54. The third-order valence-corrected chi connectivity index (χ3v) is 3.42. The number of nitrogens with one attached hydrogen (secondary N) is 1. The lowest BCUT2D eigenvalue weighted by molar-refractivity contribution is 0.644. The van der Waals surface area contributed by atoms with Crippen molar-refractivity contribution in [2.45, 2.75) is 45.6 Å². The van der Waals surface area contributed by atoms with Crippen LogP contribution in [0.1, 0.15) is 38.4 Å². The molecule has 0 saturated heterocycles. The Kier molecular flexibility index (Phi) is 3.82. The summed E-state index contributed by atoms with van der Waals surface area (Å²) in [6.07, 6.45) is 5.27. The van der Waals surface area contributed by atoms with Gasteiger partial charge in [-0.2, -0.15) is 0 Å². The fourth-order valence-corrected chi connectivity index (χ4v) is 2.48. The Morgan fingerprint density at radius 1 is 1.35 bits per heavy atom. The molecule has 1 aromatic rings. The summed E-state index contributed by atoms with van der Waals surface area (Å²) in [5.41, 5.74) is 0. The first kappa shape index (κ1) is 12.1. The Morgan fingerprint density at radius 2 is 2.06 bits per heavy atom. The van der Waals surface area contributed by atoms with Crippen LogP contribution in [-0.2, 0) is 0 Å². The Hall–Kier alpha value is -1.32. The summed E-state index contributed by atoms with van der Waals surface area (Å²) in [4.78, 5) is 11.2. The van der Waals surface area contributed by atoms with Crippen molar-refractivity contribution in [3.05, 3.63) is 11.9 Å². The van der Waals surface area contributed by atoms with Crippen LogP contribution in [0.15, 0.2) is 6.07 Å². The molecule has 1 aromatic heterocycles. The molecule has 0 aromatic carbocycles. The lowest BCUT2D eigenvalue weighted by Gasteiger charge is -2.25. The fraction of sp³-hybridized carbons (Fsp3) is 0.692. The van der Waals surface area contributed by atoms with E-state index in [9.17, 15) is 0 Å². The maximum atomic E-state index is 4.54. The molecule has 2 rings (SSSR count). The number of hydrogen-bond acceptors (Lipinski definition) is 4. The van der Waals surface area contributed by atoms with E-state index in [0.717, 1.165) is 24.0 Å². The van der Waals surface area contributed by atoms with Crippen LogP contribution in [0.2, 0.25) is 0 Å². The minimum Gasteiger partial charge on any atom is -0.370 e. The van der Waals surface area contributed by atoms with Crippen LogP contribution in [0.3, 0.4) is 0 Å². The van der Waals surface area contributed by atoms with Gasteiger partial charge in [-0.15, -0.1) is 0 Å². The van der Waals surface area contributed by atoms with Gasteiger partial charge >= 0.3 is 0 Å². The molecule has 1 aliphatic rings. The summed E-state index contributed by atoms with van der Waals surface area (Å²) in [5.74, 6) is 2.81. The highest BCUT2D eigenvalue weighted by atomic mass is 15.2. The third-order valence-electron chi connectivity index (χ3n) is 3.42. The highest BCUT2D eigenvalue weighted by molar-refractivity contribution is 5.49. The molecular weight excluding hydrogens is 212 g/mol. The largest absolute Gasteiger partial charge is 0.370 e. The van der Waals surface area contributed by atoms with E-state index in [2.05, 4.69) is 40.2 Å². The minimum atomic E-state index is 0.652. The minimum absolute atomic E-state index is 0.652. The van der Waals surface area contributed by atoms with E-state index in [1.165, 1.54) is 25.7 Å². The first-order valence-electron chi connectivity index (χ1n) is 6.53. The molecule has 0 spiro atoms. The highest BCUT2D eigenvalue weighted by Gasteiger charge is 2.21. The molecule has 1 saturated carbocycles. The van der Waals surface area contributed by atoms with Gasteiger partial charge in [0.05, 0.1) is 0 Å². The average molecular weight is 234 g/mol. The van der Waals surface area contributed by atoms with E-state index in [1.807, 2.05) is 6.92 Å². The summed E-state index contributed by atoms with van der Waals surface area (Å²) >= 11 is 0. The third kappa shape index (κ3) is 2.87. The number of aromatic nitrogens is 2. The number of aryl methyl sites for hydroxylation is 1. The van der Waals surface area contributed by atoms with Crippen LogP contribution in [-0.4, -0.2) is 29.6 Å². The molecule has 0 bridgehead atoms. The molecule has 17 heavy (non-hydrogen) atoms. The first-order chi connectivity index (χ1) is 8.20. The van der Waals surface area contributed by atoms with Gasteiger partial charge in [-0.25, -0.2) is 9.97 Å².